The summed E-state index contributed by atoms with van der Waals surface area (Å²) >= 11 is 1.60. The molecule has 6 heteroatoms. The Morgan fingerprint density at radius 3 is 3.21 bits per heavy atom. The zero-order valence-electron chi connectivity index (χ0n) is 10.5. The fourth-order valence-corrected chi connectivity index (χ4v) is 3.31. The van der Waals surface area contributed by atoms with Crippen molar-refractivity contribution in [2.24, 2.45) is 0 Å². The van der Waals surface area contributed by atoms with Gasteiger partial charge in [0.1, 0.15) is 5.82 Å². The highest BCUT2D eigenvalue weighted by atomic mass is 32.1. The number of hydrogen-bond donors (Lipinski definition) is 2. The number of hydrogen-bond acceptors (Lipinski definition) is 5. The molecule has 2 N–H and O–H groups in total. The van der Waals surface area contributed by atoms with Crippen molar-refractivity contribution < 1.29 is 4.79 Å². The minimum Gasteiger partial charge on any atom is -0.362 e. The van der Waals surface area contributed by atoms with Crippen molar-refractivity contribution in [1.82, 2.24) is 9.97 Å². The van der Waals surface area contributed by atoms with Gasteiger partial charge >= 0.3 is 0 Å². The predicted molar refractivity (Wildman–Crippen MR) is 75.6 cm³/mol. The van der Waals surface area contributed by atoms with Crippen molar-refractivity contribution in [3.8, 4) is 0 Å². The molecule has 1 amide bonds. The third-order valence-corrected chi connectivity index (χ3v) is 4.16. The first-order chi connectivity index (χ1) is 9.28. The molecule has 1 aliphatic heterocycles. The summed E-state index contributed by atoms with van der Waals surface area (Å²) in [5.41, 5.74) is 1.06. The molecule has 1 unspecified atom stereocenters. The van der Waals surface area contributed by atoms with Crippen LogP contribution in [0, 0.1) is 0 Å². The third-order valence-electron chi connectivity index (χ3n) is 3.03. The molecule has 3 rings (SSSR count). The smallest absolute Gasteiger partial charge is 0.226 e. The zero-order valence-corrected chi connectivity index (χ0v) is 11.3. The van der Waals surface area contributed by atoms with E-state index in [-0.39, 0.29) is 11.8 Å². The first-order valence-corrected chi connectivity index (χ1v) is 7.04. The van der Waals surface area contributed by atoms with Gasteiger partial charge in [-0.25, -0.2) is 4.98 Å². The van der Waals surface area contributed by atoms with Gasteiger partial charge in [0.05, 0.1) is 4.88 Å². The SMILES string of the molecule is CCNc1nc2c(s1)C(c1cccnc1)CC(=O)N2. The van der Waals surface area contributed by atoms with Gasteiger partial charge in [-0.3, -0.25) is 9.78 Å². The van der Waals surface area contributed by atoms with E-state index in [9.17, 15) is 4.79 Å². The van der Waals surface area contributed by atoms with Crippen LogP contribution in [0.3, 0.4) is 0 Å². The number of thiazole rings is 1. The summed E-state index contributed by atoms with van der Waals surface area (Å²) in [6.07, 6.45) is 4.01. The average molecular weight is 274 g/mol. The maximum Gasteiger partial charge on any atom is 0.226 e. The van der Waals surface area contributed by atoms with E-state index < -0.39 is 0 Å². The Bertz CT molecular complexity index is 596. The van der Waals surface area contributed by atoms with E-state index in [1.807, 2.05) is 25.3 Å². The second-order valence-electron chi connectivity index (χ2n) is 4.35. The van der Waals surface area contributed by atoms with Crippen molar-refractivity contribution >= 4 is 28.2 Å². The molecule has 0 aromatic carbocycles. The van der Waals surface area contributed by atoms with Crippen LogP contribution in [-0.4, -0.2) is 22.4 Å². The molecule has 5 nitrogen and oxygen atoms in total. The second kappa shape index (κ2) is 4.97. The van der Waals surface area contributed by atoms with E-state index in [2.05, 4.69) is 20.6 Å². The van der Waals surface area contributed by atoms with E-state index in [0.717, 1.165) is 22.1 Å². The standard InChI is InChI=1S/C13H14N4OS/c1-2-15-13-17-12-11(19-13)9(6-10(18)16-12)8-4-3-5-14-7-8/h3-5,7,9H,2,6H2,1H3,(H,15,17)(H,16,18). The van der Waals surface area contributed by atoms with Gasteiger partial charge in [0.15, 0.2) is 5.13 Å². The van der Waals surface area contributed by atoms with Crippen LogP contribution in [0.4, 0.5) is 10.9 Å². The van der Waals surface area contributed by atoms with Crippen molar-refractivity contribution in [3.63, 3.8) is 0 Å². The highest BCUT2D eigenvalue weighted by molar-refractivity contribution is 7.16. The quantitative estimate of drug-likeness (QED) is 0.902. The molecule has 0 bridgehead atoms. The van der Waals surface area contributed by atoms with E-state index in [0.29, 0.717) is 12.2 Å². The first-order valence-electron chi connectivity index (χ1n) is 6.22. The summed E-state index contributed by atoms with van der Waals surface area (Å²) < 4.78 is 0. The number of nitrogens with one attached hydrogen (secondary N) is 2. The summed E-state index contributed by atoms with van der Waals surface area (Å²) in [6, 6.07) is 3.90. The second-order valence-corrected chi connectivity index (χ2v) is 5.38. The summed E-state index contributed by atoms with van der Waals surface area (Å²) in [5.74, 6) is 0.753. The number of carbonyl (C=O) groups excluding carboxylic acids is 1. The Morgan fingerprint density at radius 2 is 2.47 bits per heavy atom. The molecule has 2 aromatic heterocycles. The lowest BCUT2D eigenvalue weighted by atomic mass is 9.93. The zero-order chi connectivity index (χ0) is 13.2. The molecule has 0 saturated carbocycles. The maximum atomic E-state index is 11.8. The van der Waals surface area contributed by atoms with Gasteiger partial charge in [0, 0.05) is 31.3 Å². The van der Waals surface area contributed by atoms with Crippen LogP contribution in [0.15, 0.2) is 24.5 Å². The summed E-state index contributed by atoms with van der Waals surface area (Å²) in [5, 5.41) is 6.88. The third kappa shape index (κ3) is 2.31. The van der Waals surface area contributed by atoms with Crippen molar-refractivity contribution in [2.75, 3.05) is 17.2 Å². The molecular weight excluding hydrogens is 260 g/mol. The van der Waals surface area contributed by atoms with Gasteiger partial charge in [-0.2, -0.15) is 0 Å². The number of carbonyl (C=O) groups is 1. The van der Waals surface area contributed by atoms with E-state index in [4.69, 9.17) is 0 Å². The van der Waals surface area contributed by atoms with Gasteiger partial charge in [0.25, 0.3) is 0 Å². The van der Waals surface area contributed by atoms with Crippen LogP contribution < -0.4 is 10.6 Å². The van der Waals surface area contributed by atoms with Gasteiger partial charge in [-0.05, 0) is 18.6 Å². The number of aromatic nitrogens is 2. The predicted octanol–water partition coefficient (Wildman–Crippen LogP) is 2.44. The molecule has 19 heavy (non-hydrogen) atoms. The Morgan fingerprint density at radius 1 is 1.58 bits per heavy atom. The molecule has 2 aromatic rings. The minimum atomic E-state index is 0.00898. The van der Waals surface area contributed by atoms with Crippen LogP contribution in [0.2, 0.25) is 0 Å². The van der Waals surface area contributed by atoms with Crippen molar-refractivity contribution in [1.29, 1.82) is 0 Å². The summed E-state index contributed by atoms with van der Waals surface area (Å²) in [6.45, 7) is 2.84. The lowest BCUT2D eigenvalue weighted by molar-refractivity contribution is -0.116. The molecule has 98 valence electrons. The molecule has 0 radical (unpaired) electrons. The first kappa shape index (κ1) is 12.1. The topological polar surface area (TPSA) is 66.9 Å². The fraction of sp³-hybridized carbons (Fsp3) is 0.308. The van der Waals surface area contributed by atoms with Gasteiger partial charge < -0.3 is 10.6 Å². The number of anilines is 2. The molecule has 3 heterocycles. The van der Waals surface area contributed by atoms with E-state index in [1.54, 1.807) is 17.5 Å². The largest absolute Gasteiger partial charge is 0.362 e. The van der Waals surface area contributed by atoms with Crippen molar-refractivity contribution in [3.05, 3.63) is 35.0 Å². The summed E-state index contributed by atoms with van der Waals surface area (Å²) in [7, 11) is 0. The van der Waals surface area contributed by atoms with E-state index in [1.165, 1.54) is 0 Å². The van der Waals surface area contributed by atoms with Gasteiger partial charge in [-0.1, -0.05) is 17.4 Å². The number of pyridine rings is 1. The van der Waals surface area contributed by atoms with Gasteiger partial charge in [0.2, 0.25) is 5.91 Å². The molecular formula is C13H14N4OS. The highest BCUT2D eigenvalue weighted by Crippen LogP contribution is 2.41. The van der Waals surface area contributed by atoms with Gasteiger partial charge in [-0.15, -0.1) is 0 Å². The number of rotatable bonds is 3. The summed E-state index contributed by atoms with van der Waals surface area (Å²) in [4.78, 5) is 21.4. The van der Waals surface area contributed by atoms with Crippen LogP contribution in [0.25, 0.3) is 0 Å². The molecule has 0 saturated heterocycles. The average Bonchev–Trinajstić information content (AvgIpc) is 2.81. The lowest BCUT2D eigenvalue weighted by Gasteiger charge is -2.21. The van der Waals surface area contributed by atoms with Crippen molar-refractivity contribution in [2.45, 2.75) is 19.3 Å². The number of amides is 1. The van der Waals surface area contributed by atoms with Crippen LogP contribution in [-0.2, 0) is 4.79 Å². The van der Waals surface area contributed by atoms with Crippen LogP contribution in [0.5, 0.6) is 0 Å². The monoisotopic (exact) mass is 274 g/mol. The highest BCUT2D eigenvalue weighted by Gasteiger charge is 2.30. The number of nitrogens with zero attached hydrogens (tertiary/aromatic N) is 2. The van der Waals surface area contributed by atoms with E-state index >= 15 is 0 Å². The Labute approximate surface area is 115 Å². The Kier molecular flexibility index (Phi) is 3.16. The normalized spacial score (nSPS) is 17.7. The Balaban J connectivity index is 2.01. The van der Waals surface area contributed by atoms with Crippen LogP contribution in [0.1, 0.15) is 29.7 Å². The lowest BCUT2D eigenvalue weighted by Crippen LogP contribution is -2.22. The van der Waals surface area contributed by atoms with Crippen LogP contribution >= 0.6 is 11.3 Å². The maximum absolute atomic E-state index is 11.8. The minimum absolute atomic E-state index is 0.00898. The molecule has 1 aliphatic rings. The number of fused-ring (bicyclic) bond motifs is 1. The molecule has 0 aliphatic carbocycles. The molecule has 0 spiro atoms. The Hall–Kier alpha value is -1.95. The molecule has 0 fully saturated rings. The fourth-order valence-electron chi connectivity index (χ4n) is 2.20. The molecule has 1 atom stereocenters.